The molecule has 0 radical (unpaired) electrons. The monoisotopic (exact) mass is 629 g/mol. The SMILES string of the molecule is CCC1(C(=O)Nc2ccc3[nH]nc(-c4ccc(F)cc4)c3c2)CCN(CC(=O)N2CC=C(c3ccc(-c4ncccn4)cc3)CC2)C1. The summed E-state index contributed by atoms with van der Waals surface area (Å²) >= 11 is 0. The number of H-pyrrole nitrogens is 1. The van der Waals surface area contributed by atoms with Crippen molar-refractivity contribution in [3.8, 4) is 22.6 Å². The summed E-state index contributed by atoms with van der Waals surface area (Å²) in [6, 6.07) is 21.9. The maximum Gasteiger partial charge on any atom is 0.237 e. The number of likely N-dealkylation sites (tertiary alicyclic amines) is 1. The number of aromatic amines is 1. The molecule has 0 aliphatic carbocycles. The van der Waals surface area contributed by atoms with Gasteiger partial charge in [-0.2, -0.15) is 5.10 Å². The molecule has 7 rings (SSSR count). The predicted molar refractivity (Wildman–Crippen MR) is 181 cm³/mol. The fraction of sp³-hybridized carbons (Fsp3) is 0.270. The van der Waals surface area contributed by atoms with Crippen LogP contribution in [0.1, 0.15) is 31.7 Å². The highest BCUT2D eigenvalue weighted by Gasteiger charge is 2.43. The van der Waals surface area contributed by atoms with Crippen LogP contribution in [-0.2, 0) is 9.59 Å². The number of fused-ring (bicyclic) bond motifs is 1. The smallest absolute Gasteiger partial charge is 0.237 e. The van der Waals surface area contributed by atoms with Gasteiger partial charge in [0.25, 0.3) is 0 Å². The standard InChI is InChI=1S/C37H36FN7O2/c1-2-37(36(47)41-30-12-13-32-31(22-30)34(43-42-32)27-8-10-29(38)11-9-27)16-21-44(24-37)23-33(46)45-19-14-26(15-20-45)25-4-6-28(7-5-25)35-39-17-3-18-40-35/h3-14,17-18,22H,2,15-16,19-21,23-24H2,1H3,(H,41,47)(H,42,43). The van der Waals surface area contributed by atoms with Gasteiger partial charge in [-0.15, -0.1) is 0 Å². The largest absolute Gasteiger partial charge is 0.338 e. The van der Waals surface area contributed by atoms with Gasteiger partial charge in [-0.05, 0) is 85.5 Å². The number of anilines is 1. The molecule has 0 saturated carbocycles. The van der Waals surface area contributed by atoms with Gasteiger partial charge in [0.15, 0.2) is 5.82 Å². The quantitative estimate of drug-likeness (QED) is 0.212. The maximum absolute atomic E-state index is 13.7. The van der Waals surface area contributed by atoms with Gasteiger partial charge >= 0.3 is 0 Å². The van der Waals surface area contributed by atoms with E-state index in [1.807, 2.05) is 42.2 Å². The predicted octanol–water partition coefficient (Wildman–Crippen LogP) is 6.18. The molecular formula is C37H36FN7O2. The number of carbonyl (C=O) groups is 2. The van der Waals surface area contributed by atoms with Crippen LogP contribution in [0.5, 0.6) is 0 Å². The molecule has 9 nitrogen and oxygen atoms in total. The third-order valence-corrected chi connectivity index (χ3v) is 9.53. The molecule has 2 aliphatic heterocycles. The molecule has 4 heterocycles. The second-order valence-electron chi connectivity index (χ2n) is 12.4. The summed E-state index contributed by atoms with van der Waals surface area (Å²) in [5.74, 6) is 0.436. The van der Waals surface area contributed by atoms with Gasteiger partial charge in [0.1, 0.15) is 5.82 Å². The molecule has 2 N–H and O–H groups in total. The number of carbonyl (C=O) groups excluding carboxylic acids is 2. The Kier molecular flexibility index (Phi) is 8.34. The van der Waals surface area contributed by atoms with Crippen molar-refractivity contribution in [1.82, 2.24) is 30.0 Å². The lowest BCUT2D eigenvalue weighted by Gasteiger charge is -2.30. The van der Waals surface area contributed by atoms with Crippen LogP contribution in [0.15, 0.2) is 91.3 Å². The minimum absolute atomic E-state index is 0.0449. The Morgan fingerprint density at radius 1 is 0.957 bits per heavy atom. The van der Waals surface area contributed by atoms with Crippen LogP contribution in [0.4, 0.5) is 10.1 Å². The van der Waals surface area contributed by atoms with E-state index in [2.05, 4.69) is 48.6 Å². The molecule has 3 aromatic carbocycles. The van der Waals surface area contributed by atoms with Gasteiger partial charge in [0, 0.05) is 54.2 Å². The van der Waals surface area contributed by atoms with E-state index >= 15 is 0 Å². The Labute approximate surface area is 272 Å². The van der Waals surface area contributed by atoms with Crippen LogP contribution in [0.3, 0.4) is 0 Å². The normalized spacial score (nSPS) is 18.3. The zero-order valence-electron chi connectivity index (χ0n) is 26.2. The topological polar surface area (TPSA) is 107 Å². The summed E-state index contributed by atoms with van der Waals surface area (Å²) in [5, 5.41) is 11.4. The lowest BCUT2D eigenvalue weighted by molar-refractivity contribution is -0.132. The summed E-state index contributed by atoms with van der Waals surface area (Å²) in [5.41, 5.74) is 5.75. The first-order valence-corrected chi connectivity index (χ1v) is 16.0. The fourth-order valence-corrected chi connectivity index (χ4v) is 6.64. The van der Waals surface area contributed by atoms with Crippen LogP contribution < -0.4 is 5.32 Å². The van der Waals surface area contributed by atoms with E-state index in [1.54, 1.807) is 30.6 Å². The molecule has 2 aromatic heterocycles. The van der Waals surface area contributed by atoms with Crippen molar-refractivity contribution in [1.29, 1.82) is 0 Å². The van der Waals surface area contributed by atoms with E-state index < -0.39 is 5.41 Å². The van der Waals surface area contributed by atoms with Crippen molar-refractivity contribution in [3.63, 3.8) is 0 Å². The molecular weight excluding hydrogens is 593 g/mol. The lowest BCUT2D eigenvalue weighted by atomic mass is 9.83. The third kappa shape index (κ3) is 6.29. The number of nitrogens with one attached hydrogen (secondary N) is 2. The van der Waals surface area contributed by atoms with E-state index in [-0.39, 0.29) is 17.6 Å². The highest BCUT2D eigenvalue weighted by molar-refractivity contribution is 6.00. The molecule has 238 valence electrons. The summed E-state index contributed by atoms with van der Waals surface area (Å²) in [6.45, 7) is 4.79. The van der Waals surface area contributed by atoms with Gasteiger partial charge in [0.2, 0.25) is 11.8 Å². The maximum atomic E-state index is 13.7. The number of hydrogen-bond donors (Lipinski definition) is 2. The number of hydrogen-bond acceptors (Lipinski definition) is 6. The fourth-order valence-electron chi connectivity index (χ4n) is 6.64. The number of amides is 2. The van der Waals surface area contributed by atoms with Gasteiger partial charge in [-0.25, -0.2) is 14.4 Å². The van der Waals surface area contributed by atoms with Crippen LogP contribution in [0, 0.1) is 11.2 Å². The van der Waals surface area contributed by atoms with Crippen LogP contribution in [0.2, 0.25) is 0 Å². The summed E-state index contributed by atoms with van der Waals surface area (Å²) < 4.78 is 13.5. The Morgan fingerprint density at radius 3 is 2.43 bits per heavy atom. The van der Waals surface area contributed by atoms with Crippen molar-refractivity contribution in [2.75, 3.05) is 38.0 Å². The zero-order valence-corrected chi connectivity index (χ0v) is 26.2. The van der Waals surface area contributed by atoms with E-state index in [0.29, 0.717) is 62.8 Å². The molecule has 2 aliphatic rings. The van der Waals surface area contributed by atoms with E-state index in [4.69, 9.17) is 0 Å². The molecule has 1 atom stereocenters. The Bertz CT molecular complexity index is 1940. The second-order valence-corrected chi connectivity index (χ2v) is 12.4. The summed E-state index contributed by atoms with van der Waals surface area (Å²) in [6.07, 6.45) is 7.76. The number of halogens is 1. The average Bonchev–Trinajstić information content (AvgIpc) is 3.74. The highest BCUT2D eigenvalue weighted by Crippen LogP contribution is 2.36. The van der Waals surface area contributed by atoms with Crippen molar-refractivity contribution >= 4 is 34.0 Å². The van der Waals surface area contributed by atoms with E-state index in [0.717, 1.165) is 34.0 Å². The summed E-state index contributed by atoms with van der Waals surface area (Å²) in [7, 11) is 0. The Balaban J connectivity index is 0.960. The number of aromatic nitrogens is 4. The van der Waals surface area contributed by atoms with E-state index in [1.165, 1.54) is 17.7 Å². The average molecular weight is 630 g/mol. The first-order valence-electron chi connectivity index (χ1n) is 16.0. The third-order valence-electron chi connectivity index (χ3n) is 9.53. The minimum Gasteiger partial charge on any atom is -0.338 e. The van der Waals surface area contributed by atoms with Gasteiger partial charge in [0.05, 0.1) is 23.2 Å². The molecule has 2 amide bonds. The molecule has 0 spiro atoms. The molecule has 10 heteroatoms. The number of benzene rings is 3. The number of rotatable bonds is 8. The van der Waals surface area contributed by atoms with E-state index in [9.17, 15) is 14.0 Å². The molecule has 0 bridgehead atoms. The minimum atomic E-state index is -0.586. The van der Waals surface area contributed by atoms with Crippen molar-refractivity contribution in [2.24, 2.45) is 5.41 Å². The Morgan fingerprint density at radius 2 is 1.70 bits per heavy atom. The van der Waals surface area contributed by atoms with Gasteiger partial charge in [-0.1, -0.05) is 37.3 Å². The van der Waals surface area contributed by atoms with Crippen LogP contribution >= 0.6 is 0 Å². The van der Waals surface area contributed by atoms with Crippen LogP contribution in [-0.4, -0.2) is 74.5 Å². The van der Waals surface area contributed by atoms with Gasteiger partial charge < -0.3 is 10.2 Å². The van der Waals surface area contributed by atoms with Crippen molar-refractivity contribution < 1.29 is 14.0 Å². The molecule has 1 unspecified atom stereocenters. The second kappa shape index (κ2) is 12.9. The first-order chi connectivity index (χ1) is 22.9. The molecule has 1 fully saturated rings. The van der Waals surface area contributed by atoms with Crippen molar-refractivity contribution in [3.05, 3.63) is 103 Å². The Hall–Kier alpha value is -5.22. The van der Waals surface area contributed by atoms with Gasteiger partial charge in [-0.3, -0.25) is 19.6 Å². The first kappa shape index (κ1) is 30.4. The van der Waals surface area contributed by atoms with Crippen LogP contribution in [0.25, 0.3) is 39.1 Å². The molecule has 5 aromatic rings. The van der Waals surface area contributed by atoms with Crippen molar-refractivity contribution in [2.45, 2.75) is 26.2 Å². The summed E-state index contributed by atoms with van der Waals surface area (Å²) in [4.78, 5) is 39.7. The molecule has 1 saturated heterocycles. The zero-order chi connectivity index (χ0) is 32.4. The lowest BCUT2D eigenvalue weighted by Crippen LogP contribution is -2.43. The highest BCUT2D eigenvalue weighted by atomic mass is 19.1. The molecule has 47 heavy (non-hydrogen) atoms. The number of nitrogens with zero attached hydrogens (tertiary/aromatic N) is 5.